The molecule has 0 saturated carbocycles. The van der Waals surface area contributed by atoms with E-state index in [9.17, 15) is 19.2 Å². The van der Waals surface area contributed by atoms with Crippen molar-refractivity contribution in [1.29, 1.82) is 0 Å². The Hall–Kier alpha value is -2.20. The third-order valence-corrected chi connectivity index (χ3v) is 10.4. The standard InChI is InChI=1S/C46H88N2O8/c1-7-11-13-15-17-23-30-41(9-3)55-45(51)34-27-21-19-25-32-43(49)53-38-40(47-36-29-37-48(5)6)39-54-44(50)33-26-20-22-28-35-46(52)56-42(10-4)31-24-18-16-14-12-8-2/h40-42,47H,7-39H2,1-6H3/t41-,42-/m0/s1. The molecule has 0 aromatic rings. The SMILES string of the molecule is CCCCCCCC[C@H](CC)OC(=O)CCCCCCC(=O)OCC(COC(=O)CCCCCCC(=O)O[C@@H](CC)CCCCCCCC)NCCCN(C)C. The highest BCUT2D eigenvalue weighted by molar-refractivity contribution is 5.70. The van der Waals surface area contributed by atoms with Crippen LogP contribution in [0.25, 0.3) is 0 Å². The van der Waals surface area contributed by atoms with Crippen LogP contribution in [0, 0.1) is 0 Å². The van der Waals surface area contributed by atoms with Crippen LogP contribution in [-0.2, 0) is 38.1 Å². The van der Waals surface area contributed by atoms with E-state index in [1.54, 1.807) is 0 Å². The van der Waals surface area contributed by atoms with Crippen LogP contribution >= 0.6 is 0 Å². The van der Waals surface area contributed by atoms with E-state index in [2.05, 4.69) is 37.9 Å². The van der Waals surface area contributed by atoms with E-state index in [0.717, 1.165) is 96.6 Å². The van der Waals surface area contributed by atoms with Crippen molar-refractivity contribution in [2.75, 3.05) is 40.4 Å². The van der Waals surface area contributed by atoms with Crippen LogP contribution in [0.1, 0.15) is 214 Å². The molecular formula is C46H88N2O8. The van der Waals surface area contributed by atoms with Gasteiger partial charge >= 0.3 is 23.9 Å². The highest BCUT2D eigenvalue weighted by Crippen LogP contribution is 2.16. The molecule has 2 atom stereocenters. The van der Waals surface area contributed by atoms with E-state index in [1.807, 2.05) is 14.1 Å². The van der Waals surface area contributed by atoms with Crippen molar-refractivity contribution in [3.05, 3.63) is 0 Å². The molecule has 0 aromatic carbocycles. The lowest BCUT2D eigenvalue weighted by Gasteiger charge is -2.19. The number of carbonyl (C=O) groups is 4. The van der Waals surface area contributed by atoms with Crippen LogP contribution in [0.15, 0.2) is 0 Å². The molecule has 0 aliphatic rings. The molecule has 0 fully saturated rings. The Labute approximate surface area is 344 Å². The first kappa shape index (κ1) is 53.8. The summed E-state index contributed by atoms with van der Waals surface area (Å²) in [5, 5.41) is 3.38. The van der Waals surface area contributed by atoms with Gasteiger partial charge in [-0.1, -0.05) is 118 Å². The van der Waals surface area contributed by atoms with Crippen molar-refractivity contribution in [2.45, 2.75) is 232 Å². The Morgan fingerprint density at radius 3 is 1.20 bits per heavy atom. The second-order valence-electron chi connectivity index (χ2n) is 16.2. The zero-order valence-corrected chi connectivity index (χ0v) is 37.3. The van der Waals surface area contributed by atoms with E-state index >= 15 is 0 Å². The van der Waals surface area contributed by atoms with Gasteiger partial charge in [0.25, 0.3) is 0 Å². The maximum Gasteiger partial charge on any atom is 0.306 e. The fourth-order valence-electron chi connectivity index (χ4n) is 6.67. The molecule has 56 heavy (non-hydrogen) atoms. The first-order valence-corrected chi connectivity index (χ1v) is 23.2. The Bertz CT molecular complexity index is 880. The summed E-state index contributed by atoms with van der Waals surface area (Å²) in [6.45, 7) is 10.5. The molecule has 0 rings (SSSR count). The molecule has 10 nitrogen and oxygen atoms in total. The number of rotatable bonds is 41. The first-order valence-electron chi connectivity index (χ1n) is 23.2. The normalized spacial score (nSPS) is 12.5. The quantitative estimate of drug-likeness (QED) is 0.0364. The van der Waals surface area contributed by atoms with E-state index < -0.39 is 0 Å². The van der Waals surface area contributed by atoms with Crippen LogP contribution in [0.5, 0.6) is 0 Å². The van der Waals surface area contributed by atoms with Gasteiger partial charge in [0.1, 0.15) is 25.4 Å². The van der Waals surface area contributed by atoms with E-state index in [0.29, 0.717) is 38.5 Å². The monoisotopic (exact) mass is 797 g/mol. The molecule has 0 aliphatic heterocycles. The van der Waals surface area contributed by atoms with Crippen molar-refractivity contribution < 1.29 is 38.1 Å². The summed E-state index contributed by atoms with van der Waals surface area (Å²) in [6, 6.07) is -0.275. The van der Waals surface area contributed by atoms with Crippen LogP contribution in [0.3, 0.4) is 0 Å². The number of ether oxygens (including phenoxy) is 4. The smallest absolute Gasteiger partial charge is 0.306 e. The summed E-state index contributed by atoms with van der Waals surface area (Å²) in [5.74, 6) is -0.744. The third kappa shape index (κ3) is 36.2. The predicted molar refractivity (Wildman–Crippen MR) is 229 cm³/mol. The number of hydrogen-bond acceptors (Lipinski definition) is 10. The number of nitrogens with one attached hydrogen (secondary N) is 1. The number of carbonyl (C=O) groups excluding carboxylic acids is 4. The number of hydrogen-bond donors (Lipinski definition) is 1. The average Bonchev–Trinajstić information content (AvgIpc) is 3.18. The largest absolute Gasteiger partial charge is 0.464 e. The van der Waals surface area contributed by atoms with Crippen LogP contribution < -0.4 is 5.32 Å². The van der Waals surface area contributed by atoms with Gasteiger partial charge < -0.3 is 29.2 Å². The molecule has 330 valence electrons. The highest BCUT2D eigenvalue weighted by Gasteiger charge is 2.16. The Morgan fingerprint density at radius 1 is 0.464 bits per heavy atom. The Morgan fingerprint density at radius 2 is 0.821 bits per heavy atom. The lowest BCUT2D eigenvalue weighted by atomic mass is 10.1. The second-order valence-corrected chi connectivity index (χ2v) is 16.2. The van der Waals surface area contributed by atoms with Gasteiger partial charge in [-0.15, -0.1) is 0 Å². The summed E-state index contributed by atoms with van der Waals surface area (Å²) in [7, 11) is 4.05. The minimum absolute atomic E-state index is 0.0244. The Balaban J connectivity index is 4.25. The molecule has 0 amide bonds. The van der Waals surface area contributed by atoms with Gasteiger partial charge in [-0.3, -0.25) is 19.2 Å². The molecule has 0 spiro atoms. The predicted octanol–water partition coefficient (Wildman–Crippen LogP) is 10.8. The van der Waals surface area contributed by atoms with Gasteiger partial charge in [0.2, 0.25) is 0 Å². The molecule has 0 heterocycles. The molecular weight excluding hydrogens is 709 g/mol. The molecule has 10 heteroatoms. The fraction of sp³-hybridized carbons (Fsp3) is 0.913. The minimum Gasteiger partial charge on any atom is -0.464 e. The van der Waals surface area contributed by atoms with Crippen LogP contribution in [0.2, 0.25) is 0 Å². The van der Waals surface area contributed by atoms with Crippen LogP contribution in [0.4, 0.5) is 0 Å². The van der Waals surface area contributed by atoms with Gasteiger partial charge in [0.15, 0.2) is 0 Å². The summed E-state index contributed by atoms with van der Waals surface area (Å²) in [6.07, 6.45) is 27.3. The number of unbranched alkanes of at least 4 members (excludes halogenated alkanes) is 16. The number of esters is 4. The Kier molecular flexibility index (Phi) is 38.1. The van der Waals surface area contributed by atoms with Gasteiger partial charge in [-0.05, 0) is 97.8 Å². The van der Waals surface area contributed by atoms with E-state index in [4.69, 9.17) is 18.9 Å². The van der Waals surface area contributed by atoms with Crippen molar-refractivity contribution in [3.8, 4) is 0 Å². The molecule has 0 bridgehead atoms. The third-order valence-electron chi connectivity index (χ3n) is 10.4. The summed E-state index contributed by atoms with van der Waals surface area (Å²) in [5.41, 5.74) is 0. The first-order chi connectivity index (χ1) is 27.1. The zero-order chi connectivity index (χ0) is 41.5. The molecule has 0 radical (unpaired) electrons. The molecule has 0 aliphatic carbocycles. The van der Waals surface area contributed by atoms with Gasteiger partial charge in [0.05, 0.1) is 6.04 Å². The van der Waals surface area contributed by atoms with Crippen molar-refractivity contribution >= 4 is 23.9 Å². The van der Waals surface area contributed by atoms with Crippen molar-refractivity contribution in [2.24, 2.45) is 0 Å². The van der Waals surface area contributed by atoms with E-state index in [1.165, 1.54) is 64.2 Å². The van der Waals surface area contributed by atoms with Crippen LogP contribution in [-0.4, -0.2) is 87.4 Å². The zero-order valence-electron chi connectivity index (χ0n) is 37.3. The molecule has 0 aromatic heterocycles. The maximum absolute atomic E-state index is 12.5. The van der Waals surface area contributed by atoms with Crippen molar-refractivity contribution in [3.63, 3.8) is 0 Å². The summed E-state index contributed by atoms with van der Waals surface area (Å²) in [4.78, 5) is 51.8. The lowest BCUT2D eigenvalue weighted by molar-refractivity contribution is -0.150. The van der Waals surface area contributed by atoms with Gasteiger partial charge in [-0.25, -0.2) is 0 Å². The fourth-order valence-corrected chi connectivity index (χ4v) is 6.67. The van der Waals surface area contributed by atoms with Gasteiger partial charge in [0, 0.05) is 25.7 Å². The highest BCUT2D eigenvalue weighted by atomic mass is 16.6. The van der Waals surface area contributed by atoms with Crippen molar-refractivity contribution in [1.82, 2.24) is 10.2 Å². The molecule has 0 saturated heterocycles. The summed E-state index contributed by atoms with van der Waals surface area (Å²) < 4.78 is 22.6. The second kappa shape index (κ2) is 39.6. The topological polar surface area (TPSA) is 120 Å². The minimum atomic E-state index is -0.275. The maximum atomic E-state index is 12.5. The summed E-state index contributed by atoms with van der Waals surface area (Å²) >= 11 is 0. The molecule has 0 unspecified atom stereocenters. The molecule has 1 N–H and O–H groups in total. The van der Waals surface area contributed by atoms with E-state index in [-0.39, 0.29) is 55.3 Å². The average molecular weight is 797 g/mol. The lowest BCUT2D eigenvalue weighted by Crippen LogP contribution is -2.40. The van der Waals surface area contributed by atoms with Gasteiger partial charge in [-0.2, -0.15) is 0 Å². The number of nitrogens with zero attached hydrogens (tertiary/aromatic N) is 1.